The van der Waals surface area contributed by atoms with Gasteiger partial charge in [-0.25, -0.2) is 0 Å². The molecule has 0 unspecified atom stereocenters. The second-order valence-corrected chi connectivity index (χ2v) is 2.70. The van der Waals surface area contributed by atoms with E-state index in [1.807, 2.05) is 13.8 Å². The maximum Gasteiger partial charge on any atom is 1.00 e. The molecule has 1 aliphatic heterocycles. The molecule has 66 valence electrons. The third kappa shape index (κ3) is 3.47. The molecule has 0 aliphatic carbocycles. The van der Waals surface area contributed by atoms with Gasteiger partial charge in [0.05, 0.1) is 0 Å². The fourth-order valence-corrected chi connectivity index (χ4v) is 1.45. The summed E-state index contributed by atoms with van der Waals surface area (Å²) in [6.45, 7) is 7.14. The SMILES string of the molecule is CC.Cc1cccc2c1CC[N-]2.[Rb+]. The van der Waals surface area contributed by atoms with Gasteiger partial charge in [0.15, 0.2) is 0 Å². The molecule has 0 saturated heterocycles. The van der Waals surface area contributed by atoms with Crippen molar-refractivity contribution in [2.24, 2.45) is 0 Å². The third-order valence-corrected chi connectivity index (χ3v) is 2.03. The van der Waals surface area contributed by atoms with Crippen molar-refractivity contribution in [2.45, 2.75) is 27.2 Å². The average Bonchev–Trinajstić information content (AvgIpc) is 2.57. The minimum absolute atomic E-state index is 0. The van der Waals surface area contributed by atoms with Gasteiger partial charge in [0.1, 0.15) is 0 Å². The summed E-state index contributed by atoms with van der Waals surface area (Å²) in [6.07, 6.45) is 1.14. The van der Waals surface area contributed by atoms with Crippen LogP contribution in [-0.2, 0) is 6.42 Å². The minimum atomic E-state index is 0. The van der Waals surface area contributed by atoms with E-state index in [0.717, 1.165) is 13.0 Å². The number of fused-ring (bicyclic) bond motifs is 1. The summed E-state index contributed by atoms with van der Waals surface area (Å²) in [7, 11) is 0. The Labute approximate surface area is 130 Å². The maximum atomic E-state index is 4.36. The summed E-state index contributed by atoms with van der Waals surface area (Å²) in [5.41, 5.74) is 4.04. The van der Waals surface area contributed by atoms with Crippen molar-refractivity contribution >= 4 is 5.69 Å². The zero-order valence-electron chi connectivity index (χ0n) is 9.09. The van der Waals surface area contributed by atoms with E-state index in [2.05, 4.69) is 30.4 Å². The number of aryl methyl sites for hydroxylation is 1. The number of benzene rings is 1. The van der Waals surface area contributed by atoms with E-state index in [0.29, 0.717) is 0 Å². The van der Waals surface area contributed by atoms with Crippen LogP contribution < -0.4 is 58.2 Å². The standard InChI is InChI=1S/C9H10N.C2H6.Rb/c1-7-3-2-4-9-8(7)5-6-10-9;1-2;/h2-4H,5-6H2,1H3;1-2H3;/q-1;;+1. The number of hydrogen-bond acceptors (Lipinski definition) is 0. The van der Waals surface area contributed by atoms with Gasteiger partial charge in [-0.05, 0) is 18.9 Å². The normalized spacial score (nSPS) is 11.6. The van der Waals surface area contributed by atoms with Gasteiger partial charge in [0, 0.05) is 0 Å². The van der Waals surface area contributed by atoms with Gasteiger partial charge >= 0.3 is 58.2 Å². The van der Waals surface area contributed by atoms with Crippen LogP contribution in [0, 0.1) is 6.92 Å². The van der Waals surface area contributed by atoms with Crippen molar-refractivity contribution in [3.63, 3.8) is 0 Å². The minimum Gasteiger partial charge on any atom is -0.684 e. The number of hydrogen-bond donors (Lipinski definition) is 0. The smallest absolute Gasteiger partial charge is 0.684 e. The Morgan fingerprint density at radius 2 is 1.92 bits per heavy atom. The zero-order valence-corrected chi connectivity index (χ0v) is 14.0. The molecule has 1 heterocycles. The predicted octanol–water partition coefficient (Wildman–Crippen LogP) is 0.587. The van der Waals surface area contributed by atoms with E-state index in [1.54, 1.807) is 0 Å². The molecule has 0 atom stereocenters. The van der Waals surface area contributed by atoms with Gasteiger partial charge in [0.2, 0.25) is 0 Å². The molecule has 0 saturated carbocycles. The molecule has 1 nitrogen and oxygen atoms in total. The van der Waals surface area contributed by atoms with Gasteiger partial charge in [0.25, 0.3) is 0 Å². The van der Waals surface area contributed by atoms with Crippen LogP contribution in [-0.4, -0.2) is 6.54 Å². The van der Waals surface area contributed by atoms with Crippen molar-refractivity contribution in [1.29, 1.82) is 0 Å². The maximum absolute atomic E-state index is 4.36. The first kappa shape index (κ1) is 13.8. The van der Waals surface area contributed by atoms with Crippen molar-refractivity contribution in [2.75, 3.05) is 6.54 Å². The summed E-state index contributed by atoms with van der Waals surface area (Å²) in [5, 5.41) is 4.36. The van der Waals surface area contributed by atoms with Crippen molar-refractivity contribution in [3.05, 3.63) is 34.6 Å². The molecule has 0 fully saturated rings. The monoisotopic (exact) mass is 247 g/mol. The van der Waals surface area contributed by atoms with E-state index in [-0.39, 0.29) is 58.2 Å². The summed E-state index contributed by atoms with van der Waals surface area (Å²) >= 11 is 0. The molecule has 0 spiro atoms. The van der Waals surface area contributed by atoms with E-state index < -0.39 is 0 Å². The Hall–Kier alpha value is 0.825. The molecule has 0 amide bonds. The molecule has 1 aromatic rings. The molecular formula is C11H16NRb. The van der Waals surface area contributed by atoms with Crippen LogP contribution in [0.5, 0.6) is 0 Å². The van der Waals surface area contributed by atoms with Gasteiger partial charge in [-0.2, -0.15) is 0 Å². The van der Waals surface area contributed by atoms with Crippen LogP contribution in [0.25, 0.3) is 5.32 Å². The first-order chi connectivity index (χ1) is 5.88. The molecule has 0 radical (unpaired) electrons. The fraction of sp³-hybridized carbons (Fsp3) is 0.455. The Bertz CT molecular complexity index is 258. The molecule has 0 bridgehead atoms. The Kier molecular flexibility index (Phi) is 7.62. The number of rotatable bonds is 0. The van der Waals surface area contributed by atoms with Gasteiger partial charge < -0.3 is 5.32 Å². The summed E-state index contributed by atoms with van der Waals surface area (Å²) in [4.78, 5) is 0. The molecule has 0 aromatic heterocycles. The third-order valence-electron chi connectivity index (χ3n) is 2.03. The van der Waals surface area contributed by atoms with Gasteiger partial charge in [-0.3, -0.25) is 0 Å². The zero-order chi connectivity index (χ0) is 8.97. The van der Waals surface area contributed by atoms with E-state index in [1.165, 1.54) is 16.8 Å². The Morgan fingerprint density at radius 1 is 1.23 bits per heavy atom. The Balaban J connectivity index is 0.000000451. The predicted molar refractivity (Wildman–Crippen MR) is 54.1 cm³/mol. The summed E-state index contributed by atoms with van der Waals surface area (Å²) < 4.78 is 0. The second-order valence-electron chi connectivity index (χ2n) is 2.70. The Morgan fingerprint density at radius 3 is 2.54 bits per heavy atom. The molecule has 1 aliphatic rings. The average molecular weight is 248 g/mol. The summed E-state index contributed by atoms with van der Waals surface area (Å²) in [6, 6.07) is 6.32. The molecule has 1 aromatic carbocycles. The van der Waals surface area contributed by atoms with Crippen LogP contribution in [0.1, 0.15) is 25.0 Å². The van der Waals surface area contributed by atoms with Gasteiger partial charge in [-0.15, -0.1) is 12.2 Å². The van der Waals surface area contributed by atoms with Gasteiger partial charge in [-0.1, -0.05) is 37.6 Å². The van der Waals surface area contributed by atoms with Crippen molar-refractivity contribution in [3.8, 4) is 0 Å². The topological polar surface area (TPSA) is 14.1 Å². The van der Waals surface area contributed by atoms with E-state index >= 15 is 0 Å². The fourth-order valence-electron chi connectivity index (χ4n) is 1.45. The van der Waals surface area contributed by atoms with Crippen LogP contribution in [0.3, 0.4) is 0 Å². The molecule has 0 N–H and O–H groups in total. The van der Waals surface area contributed by atoms with Crippen LogP contribution >= 0.6 is 0 Å². The molecule has 13 heavy (non-hydrogen) atoms. The number of nitrogens with zero attached hydrogens (tertiary/aromatic N) is 1. The summed E-state index contributed by atoms with van der Waals surface area (Å²) in [5.74, 6) is 0. The molecule has 2 rings (SSSR count). The van der Waals surface area contributed by atoms with Crippen molar-refractivity contribution in [1.82, 2.24) is 0 Å². The van der Waals surface area contributed by atoms with E-state index in [9.17, 15) is 0 Å². The quantitative estimate of drug-likeness (QED) is 0.637. The second kappa shape index (κ2) is 7.16. The van der Waals surface area contributed by atoms with Crippen LogP contribution in [0.15, 0.2) is 18.2 Å². The first-order valence-corrected chi connectivity index (χ1v) is 4.64. The molecule has 2 heteroatoms. The largest absolute Gasteiger partial charge is 1.00 e. The van der Waals surface area contributed by atoms with Crippen LogP contribution in [0.2, 0.25) is 0 Å². The molecular weight excluding hydrogens is 232 g/mol. The van der Waals surface area contributed by atoms with Crippen LogP contribution in [0.4, 0.5) is 5.69 Å². The first-order valence-electron chi connectivity index (χ1n) is 4.64. The van der Waals surface area contributed by atoms with E-state index in [4.69, 9.17) is 0 Å². The van der Waals surface area contributed by atoms with Crippen molar-refractivity contribution < 1.29 is 58.2 Å².